The molecule has 1 aliphatic rings. The van der Waals surface area contributed by atoms with Gasteiger partial charge in [0.25, 0.3) is 0 Å². The summed E-state index contributed by atoms with van der Waals surface area (Å²) >= 11 is 5.96. The molecule has 1 aliphatic carbocycles. The molecule has 0 saturated heterocycles. The minimum atomic E-state index is -0.976. The molecule has 0 unspecified atom stereocenters. The third kappa shape index (κ3) is 1.69. The zero-order valence-electron chi connectivity index (χ0n) is 9.38. The number of carboxylic acid groups (broad SMARTS) is 1. The number of hydrogen-bond acceptors (Lipinski definition) is 2. The van der Waals surface area contributed by atoms with Crippen LogP contribution in [0, 0.1) is 0 Å². The van der Waals surface area contributed by atoms with E-state index in [4.69, 9.17) is 11.6 Å². The van der Waals surface area contributed by atoms with Crippen LogP contribution in [0.5, 0.6) is 0 Å². The predicted molar refractivity (Wildman–Crippen MR) is 62.3 cm³/mol. The Morgan fingerprint density at radius 3 is 2.69 bits per heavy atom. The molecule has 1 aromatic heterocycles. The van der Waals surface area contributed by atoms with Crippen LogP contribution in [0.25, 0.3) is 0 Å². The van der Waals surface area contributed by atoms with Gasteiger partial charge in [0.05, 0.1) is 0 Å². The normalized spacial score (nSPS) is 14.2. The van der Waals surface area contributed by atoms with Crippen LogP contribution in [-0.2, 0) is 12.8 Å². The summed E-state index contributed by atoms with van der Waals surface area (Å²) in [4.78, 5) is 15.4. The van der Waals surface area contributed by atoms with E-state index in [0.29, 0.717) is 0 Å². The van der Waals surface area contributed by atoms with Crippen LogP contribution in [0.4, 0.5) is 0 Å². The number of aromatic carboxylic acids is 1. The molecular weight excluding hydrogens is 226 g/mol. The molecule has 4 heteroatoms. The molecule has 0 fully saturated rings. The molecule has 0 spiro atoms. The number of rotatable bonds is 2. The Hall–Kier alpha value is -1.09. The molecule has 1 N–H and O–H groups in total. The van der Waals surface area contributed by atoms with Gasteiger partial charge in [0.2, 0.25) is 0 Å². The van der Waals surface area contributed by atoms with Crippen molar-refractivity contribution in [3.05, 3.63) is 27.5 Å². The number of carboxylic acids is 1. The average Bonchev–Trinajstić information content (AvgIpc) is 2.61. The molecule has 0 radical (unpaired) electrons. The lowest BCUT2D eigenvalue weighted by molar-refractivity contribution is 0.0695. The summed E-state index contributed by atoms with van der Waals surface area (Å²) in [6.45, 7) is 3.99. The fourth-order valence-corrected chi connectivity index (χ4v) is 2.70. The van der Waals surface area contributed by atoms with E-state index in [1.54, 1.807) is 0 Å². The quantitative estimate of drug-likeness (QED) is 0.807. The van der Waals surface area contributed by atoms with Gasteiger partial charge in [-0.15, -0.1) is 0 Å². The largest absolute Gasteiger partial charge is 0.478 e. The first-order valence-electron chi connectivity index (χ1n) is 5.46. The van der Waals surface area contributed by atoms with E-state index in [9.17, 15) is 9.90 Å². The number of aromatic nitrogens is 1. The molecule has 0 aromatic carbocycles. The zero-order valence-corrected chi connectivity index (χ0v) is 10.1. The summed E-state index contributed by atoms with van der Waals surface area (Å²) in [6, 6.07) is 0. The second kappa shape index (κ2) is 4.06. The number of nitrogens with zero attached hydrogens (tertiary/aromatic N) is 1. The number of fused-ring (bicyclic) bond motifs is 1. The molecule has 1 aromatic rings. The summed E-state index contributed by atoms with van der Waals surface area (Å²) in [5.74, 6) is -0.811. The van der Waals surface area contributed by atoms with Gasteiger partial charge in [-0.2, -0.15) is 0 Å². The molecule has 0 saturated carbocycles. The van der Waals surface area contributed by atoms with Crippen LogP contribution < -0.4 is 0 Å². The summed E-state index contributed by atoms with van der Waals surface area (Å²) in [5, 5.41) is 9.34. The molecule has 3 nitrogen and oxygen atoms in total. The number of pyridine rings is 1. The molecule has 0 atom stereocenters. The van der Waals surface area contributed by atoms with Crippen molar-refractivity contribution in [1.29, 1.82) is 0 Å². The number of hydrogen-bond donors (Lipinski definition) is 1. The molecule has 0 bridgehead atoms. The van der Waals surface area contributed by atoms with E-state index in [1.807, 2.05) is 13.8 Å². The van der Waals surface area contributed by atoms with Crippen molar-refractivity contribution < 1.29 is 9.90 Å². The Morgan fingerprint density at radius 1 is 1.44 bits per heavy atom. The molecule has 16 heavy (non-hydrogen) atoms. The van der Waals surface area contributed by atoms with Gasteiger partial charge < -0.3 is 5.11 Å². The average molecular weight is 240 g/mol. The monoisotopic (exact) mass is 239 g/mol. The standard InChI is InChI=1S/C12H14ClNO2/c1-6(2)9-7-4-3-5-8(7)14-11(13)10(9)12(15)16/h6H,3-5H2,1-2H3,(H,15,16). The topological polar surface area (TPSA) is 50.2 Å². The van der Waals surface area contributed by atoms with Crippen LogP contribution >= 0.6 is 11.6 Å². The van der Waals surface area contributed by atoms with Gasteiger partial charge in [-0.05, 0) is 36.3 Å². The van der Waals surface area contributed by atoms with Crippen molar-refractivity contribution in [2.45, 2.75) is 39.0 Å². The van der Waals surface area contributed by atoms with E-state index in [1.165, 1.54) is 0 Å². The van der Waals surface area contributed by atoms with Gasteiger partial charge in [0.1, 0.15) is 10.7 Å². The van der Waals surface area contributed by atoms with Crippen LogP contribution in [0.1, 0.15) is 53.4 Å². The smallest absolute Gasteiger partial charge is 0.339 e. The lowest BCUT2D eigenvalue weighted by atomic mass is 9.92. The fraction of sp³-hybridized carbons (Fsp3) is 0.500. The third-order valence-electron chi connectivity index (χ3n) is 3.01. The van der Waals surface area contributed by atoms with E-state index < -0.39 is 5.97 Å². The predicted octanol–water partition coefficient (Wildman–Crippen LogP) is 3.05. The molecular formula is C12H14ClNO2. The second-order valence-electron chi connectivity index (χ2n) is 4.43. The minimum Gasteiger partial charge on any atom is -0.478 e. The number of carbonyl (C=O) groups is 1. The van der Waals surface area contributed by atoms with Crippen LogP contribution in [0.2, 0.25) is 5.15 Å². The van der Waals surface area contributed by atoms with Gasteiger partial charge in [-0.25, -0.2) is 9.78 Å². The molecule has 0 amide bonds. The van der Waals surface area contributed by atoms with E-state index >= 15 is 0 Å². The maximum atomic E-state index is 11.2. The molecule has 86 valence electrons. The van der Waals surface area contributed by atoms with Crippen molar-refractivity contribution >= 4 is 17.6 Å². The Bertz CT molecular complexity index is 455. The first kappa shape index (κ1) is 11.4. The van der Waals surface area contributed by atoms with E-state index in [2.05, 4.69) is 4.98 Å². The van der Waals surface area contributed by atoms with Crippen molar-refractivity contribution in [1.82, 2.24) is 4.98 Å². The maximum absolute atomic E-state index is 11.2. The van der Waals surface area contributed by atoms with Crippen molar-refractivity contribution in [2.24, 2.45) is 0 Å². The molecule has 0 aliphatic heterocycles. The highest BCUT2D eigenvalue weighted by Gasteiger charge is 2.26. The molecule has 1 heterocycles. The fourth-order valence-electron chi connectivity index (χ4n) is 2.42. The van der Waals surface area contributed by atoms with Crippen LogP contribution in [0.15, 0.2) is 0 Å². The van der Waals surface area contributed by atoms with Crippen LogP contribution in [-0.4, -0.2) is 16.1 Å². The Kier molecular flexibility index (Phi) is 2.89. The first-order valence-corrected chi connectivity index (χ1v) is 5.84. The Balaban J connectivity index is 2.73. The summed E-state index contributed by atoms with van der Waals surface area (Å²) < 4.78 is 0. The number of aryl methyl sites for hydroxylation is 1. The second-order valence-corrected chi connectivity index (χ2v) is 4.79. The Labute approximate surface area is 99.5 Å². The summed E-state index contributed by atoms with van der Waals surface area (Å²) in [7, 11) is 0. The van der Waals surface area contributed by atoms with Crippen molar-refractivity contribution in [3.8, 4) is 0 Å². The Morgan fingerprint density at radius 2 is 2.12 bits per heavy atom. The van der Waals surface area contributed by atoms with Gasteiger partial charge in [-0.3, -0.25) is 0 Å². The number of halogens is 1. The van der Waals surface area contributed by atoms with Gasteiger partial charge in [0, 0.05) is 5.69 Å². The highest BCUT2D eigenvalue weighted by atomic mass is 35.5. The van der Waals surface area contributed by atoms with Gasteiger partial charge >= 0.3 is 5.97 Å². The first-order chi connectivity index (χ1) is 7.52. The third-order valence-corrected chi connectivity index (χ3v) is 3.29. The minimum absolute atomic E-state index is 0.136. The zero-order chi connectivity index (χ0) is 11.9. The summed E-state index contributed by atoms with van der Waals surface area (Å²) in [6.07, 6.45) is 2.88. The van der Waals surface area contributed by atoms with Gasteiger partial charge in [-0.1, -0.05) is 25.4 Å². The molecule has 2 rings (SSSR count). The maximum Gasteiger partial charge on any atom is 0.339 e. The van der Waals surface area contributed by atoms with E-state index in [-0.39, 0.29) is 16.6 Å². The SMILES string of the molecule is CC(C)c1c2c(nc(Cl)c1C(=O)O)CCC2. The van der Waals surface area contributed by atoms with E-state index in [0.717, 1.165) is 36.1 Å². The lowest BCUT2D eigenvalue weighted by Gasteiger charge is -2.16. The van der Waals surface area contributed by atoms with Crippen molar-refractivity contribution in [3.63, 3.8) is 0 Å². The van der Waals surface area contributed by atoms with Gasteiger partial charge in [0.15, 0.2) is 0 Å². The highest BCUT2D eigenvalue weighted by Crippen LogP contribution is 2.34. The lowest BCUT2D eigenvalue weighted by Crippen LogP contribution is -2.10. The van der Waals surface area contributed by atoms with Crippen LogP contribution in [0.3, 0.4) is 0 Å². The highest BCUT2D eigenvalue weighted by molar-refractivity contribution is 6.32. The summed E-state index contributed by atoms with van der Waals surface area (Å²) in [5.41, 5.74) is 3.16. The van der Waals surface area contributed by atoms with Crippen molar-refractivity contribution in [2.75, 3.05) is 0 Å².